The van der Waals surface area contributed by atoms with Crippen LogP contribution >= 0.6 is 11.6 Å². The van der Waals surface area contributed by atoms with Crippen LogP contribution < -0.4 is 15.6 Å². The molecule has 32 heavy (non-hydrogen) atoms. The molecule has 1 fully saturated rings. The van der Waals surface area contributed by atoms with E-state index in [2.05, 4.69) is 5.32 Å². The number of carbonyl (C=O) groups excluding carboxylic acids is 1. The second-order valence-corrected chi connectivity index (χ2v) is 8.90. The molecule has 2 N–H and O–H groups in total. The average Bonchev–Trinajstić information content (AvgIpc) is 2.78. The zero-order valence-electron chi connectivity index (χ0n) is 18.1. The van der Waals surface area contributed by atoms with E-state index in [1.54, 1.807) is 47.2 Å². The van der Waals surface area contributed by atoms with Crippen molar-refractivity contribution in [2.45, 2.75) is 50.7 Å². The highest BCUT2D eigenvalue weighted by atomic mass is 35.5. The second-order valence-electron chi connectivity index (χ2n) is 8.49. The van der Waals surface area contributed by atoms with E-state index in [-0.39, 0.29) is 24.4 Å². The molecule has 7 heteroatoms. The molecule has 6 nitrogen and oxygen atoms in total. The van der Waals surface area contributed by atoms with Gasteiger partial charge in [-0.1, -0.05) is 43.0 Å². The summed E-state index contributed by atoms with van der Waals surface area (Å²) in [5.74, 6) is 0.310. The van der Waals surface area contributed by atoms with Gasteiger partial charge in [0, 0.05) is 22.7 Å². The quantitative estimate of drug-likeness (QED) is 0.573. The van der Waals surface area contributed by atoms with Crippen LogP contribution in [0.1, 0.15) is 37.7 Å². The van der Waals surface area contributed by atoms with E-state index < -0.39 is 5.60 Å². The van der Waals surface area contributed by atoms with Crippen molar-refractivity contribution in [1.82, 2.24) is 4.57 Å². The van der Waals surface area contributed by atoms with Crippen molar-refractivity contribution in [3.63, 3.8) is 0 Å². The number of fused-ring (bicyclic) bond motifs is 1. The number of ether oxygens (including phenoxy) is 1. The Morgan fingerprint density at radius 1 is 1.16 bits per heavy atom. The first-order valence-electron chi connectivity index (χ1n) is 10.9. The lowest BCUT2D eigenvalue weighted by Gasteiger charge is -2.32. The number of aliphatic hydroxyl groups is 1. The van der Waals surface area contributed by atoms with E-state index >= 15 is 0 Å². The average molecular weight is 455 g/mol. The second kappa shape index (κ2) is 9.35. The first kappa shape index (κ1) is 22.4. The molecule has 0 spiro atoms. The van der Waals surface area contributed by atoms with Crippen molar-refractivity contribution in [1.29, 1.82) is 0 Å². The van der Waals surface area contributed by atoms with Crippen LogP contribution in [0, 0.1) is 0 Å². The number of nitrogens with zero attached hydrogens (tertiary/aromatic N) is 1. The van der Waals surface area contributed by atoms with Crippen molar-refractivity contribution < 1.29 is 14.6 Å². The molecule has 0 bridgehead atoms. The molecule has 3 aromatic rings. The molecule has 0 saturated heterocycles. The maximum Gasteiger partial charge on any atom is 0.258 e. The van der Waals surface area contributed by atoms with Crippen LogP contribution in [0.25, 0.3) is 10.8 Å². The normalized spacial score (nSPS) is 15.5. The van der Waals surface area contributed by atoms with Crippen LogP contribution in [0.4, 0.5) is 5.69 Å². The third-order valence-corrected chi connectivity index (χ3v) is 6.43. The number of hydrogen-bond acceptors (Lipinski definition) is 4. The van der Waals surface area contributed by atoms with E-state index in [0.29, 0.717) is 40.1 Å². The molecule has 1 heterocycles. The number of carbonyl (C=O) groups is 1. The SMILES string of the molecule is COc1cc(CC(=O)Nc2cccc3c(=O)n(CC4(O)CCCCC4)ccc23)ccc1Cl. The summed E-state index contributed by atoms with van der Waals surface area (Å²) in [7, 11) is 1.53. The lowest BCUT2D eigenvalue weighted by atomic mass is 9.85. The summed E-state index contributed by atoms with van der Waals surface area (Å²) in [4.78, 5) is 25.8. The fourth-order valence-electron chi connectivity index (χ4n) is 4.43. The minimum atomic E-state index is -0.832. The van der Waals surface area contributed by atoms with Crippen molar-refractivity contribution in [2.75, 3.05) is 12.4 Å². The lowest BCUT2D eigenvalue weighted by Crippen LogP contribution is -2.39. The van der Waals surface area contributed by atoms with E-state index in [1.807, 2.05) is 6.07 Å². The van der Waals surface area contributed by atoms with Crippen LogP contribution in [0.15, 0.2) is 53.5 Å². The van der Waals surface area contributed by atoms with Gasteiger partial charge >= 0.3 is 0 Å². The fraction of sp³-hybridized carbons (Fsp3) is 0.360. The van der Waals surface area contributed by atoms with Gasteiger partial charge < -0.3 is 19.7 Å². The first-order chi connectivity index (χ1) is 15.4. The summed E-state index contributed by atoms with van der Waals surface area (Å²) < 4.78 is 6.79. The van der Waals surface area contributed by atoms with E-state index in [9.17, 15) is 14.7 Å². The van der Waals surface area contributed by atoms with Gasteiger partial charge in [0.15, 0.2) is 0 Å². The van der Waals surface area contributed by atoms with Gasteiger partial charge in [0.2, 0.25) is 5.91 Å². The van der Waals surface area contributed by atoms with Gasteiger partial charge in [-0.3, -0.25) is 9.59 Å². The number of rotatable bonds is 6. The molecule has 2 aromatic carbocycles. The van der Waals surface area contributed by atoms with Crippen LogP contribution in [-0.4, -0.2) is 28.3 Å². The molecule has 1 aliphatic rings. The predicted molar refractivity (Wildman–Crippen MR) is 127 cm³/mol. The smallest absolute Gasteiger partial charge is 0.258 e. The van der Waals surface area contributed by atoms with Gasteiger partial charge in [0.1, 0.15) is 5.75 Å². The highest BCUT2D eigenvalue weighted by Crippen LogP contribution is 2.30. The summed E-state index contributed by atoms with van der Waals surface area (Å²) >= 11 is 6.05. The number of aromatic nitrogens is 1. The molecule has 0 unspecified atom stereocenters. The molecular formula is C25H27ClN2O4. The van der Waals surface area contributed by atoms with Crippen LogP contribution in [0.5, 0.6) is 5.75 Å². The molecule has 168 valence electrons. The zero-order valence-corrected chi connectivity index (χ0v) is 18.8. The summed E-state index contributed by atoms with van der Waals surface area (Å²) in [6.07, 6.45) is 6.36. The Bertz CT molecular complexity index is 1200. The molecule has 0 aliphatic heterocycles. The number of halogens is 1. The minimum Gasteiger partial charge on any atom is -0.495 e. The topological polar surface area (TPSA) is 80.6 Å². The lowest BCUT2D eigenvalue weighted by molar-refractivity contribution is -0.115. The largest absolute Gasteiger partial charge is 0.495 e. The summed E-state index contributed by atoms with van der Waals surface area (Å²) in [6, 6.07) is 12.3. The Kier molecular flexibility index (Phi) is 6.53. The van der Waals surface area contributed by atoms with E-state index in [1.165, 1.54) is 7.11 Å². The van der Waals surface area contributed by atoms with Crippen molar-refractivity contribution in [3.05, 3.63) is 69.6 Å². The van der Waals surface area contributed by atoms with Gasteiger partial charge in [-0.15, -0.1) is 0 Å². The number of pyridine rings is 1. The number of anilines is 1. The molecule has 1 saturated carbocycles. The standard InChI is InChI=1S/C25H27ClN2O4/c1-32-22-14-17(8-9-20(22)26)15-23(29)27-21-7-5-6-19-18(21)10-13-28(24(19)30)16-25(31)11-3-2-4-12-25/h5-10,13-14,31H,2-4,11-12,15-16H2,1H3,(H,27,29). The Hall–Kier alpha value is -2.83. The Morgan fingerprint density at radius 3 is 2.69 bits per heavy atom. The summed E-state index contributed by atoms with van der Waals surface area (Å²) in [5, 5.41) is 15.4. The zero-order chi connectivity index (χ0) is 22.7. The Labute approximate surface area is 191 Å². The van der Waals surface area contributed by atoms with Crippen molar-refractivity contribution in [2.24, 2.45) is 0 Å². The predicted octanol–water partition coefficient (Wildman–Crippen LogP) is 4.54. The molecule has 1 amide bonds. The third-order valence-electron chi connectivity index (χ3n) is 6.12. The molecule has 1 aliphatic carbocycles. The molecule has 4 rings (SSSR count). The number of hydrogen-bond donors (Lipinski definition) is 2. The van der Waals surface area contributed by atoms with Crippen LogP contribution in [0.2, 0.25) is 5.02 Å². The van der Waals surface area contributed by atoms with Crippen LogP contribution in [0.3, 0.4) is 0 Å². The number of nitrogens with one attached hydrogen (secondary N) is 1. The van der Waals surface area contributed by atoms with Gasteiger partial charge in [-0.2, -0.15) is 0 Å². The van der Waals surface area contributed by atoms with Crippen molar-refractivity contribution >= 4 is 34.0 Å². The Balaban J connectivity index is 1.55. The van der Waals surface area contributed by atoms with Crippen LogP contribution in [-0.2, 0) is 17.8 Å². The first-order valence-corrected chi connectivity index (χ1v) is 11.2. The monoisotopic (exact) mass is 454 g/mol. The molecule has 0 radical (unpaired) electrons. The highest BCUT2D eigenvalue weighted by molar-refractivity contribution is 6.32. The van der Waals surface area contributed by atoms with E-state index in [4.69, 9.17) is 16.3 Å². The van der Waals surface area contributed by atoms with Gasteiger partial charge in [0.25, 0.3) is 5.56 Å². The maximum atomic E-state index is 13.1. The minimum absolute atomic E-state index is 0.147. The van der Waals surface area contributed by atoms with Gasteiger partial charge in [-0.25, -0.2) is 0 Å². The fourth-order valence-corrected chi connectivity index (χ4v) is 4.63. The molecule has 0 atom stereocenters. The highest BCUT2D eigenvalue weighted by Gasteiger charge is 2.30. The van der Waals surface area contributed by atoms with Gasteiger partial charge in [0.05, 0.1) is 30.7 Å². The number of benzene rings is 2. The van der Waals surface area contributed by atoms with Gasteiger partial charge in [-0.05, 0) is 48.7 Å². The van der Waals surface area contributed by atoms with E-state index in [0.717, 1.165) is 24.8 Å². The summed E-state index contributed by atoms with van der Waals surface area (Å²) in [6.45, 7) is 0.288. The summed E-state index contributed by atoms with van der Waals surface area (Å²) in [5.41, 5.74) is 0.350. The Morgan fingerprint density at radius 2 is 1.94 bits per heavy atom. The van der Waals surface area contributed by atoms with Crippen molar-refractivity contribution in [3.8, 4) is 5.75 Å². The number of amides is 1. The third kappa shape index (κ3) is 4.81. The number of methoxy groups -OCH3 is 1. The molecular weight excluding hydrogens is 428 g/mol. The maximum absolute atomic E-state index is 13.1. The molecule has 1 aromatic heterocycles.